The minimum Gasteiger partial charge on any atom is -0.396 e. The molecular weight excluding hydrogens is 342 g/mol. The van der Waals surface area contributed by atoms with E-state index >= 15 is 0 Å². The third kappa shape index (κ3) is 5.21. The van der Waals surface area contributed by atoms with Gasteiger partial charge < -0.3 is 20.0 Å². The molecule has 0 saturated carbocycles. The Morgan fingerprint density at radius 1 is 1.11 bits per heavy atom. The van der Waals surface area contributed by atoms with Crippen molar-refractivity contribution in [1.29, 1.82) is 0 Å². The lowest BCUT2D eigenvalue weighted by Crippen LogP contribution is -2.52. The van der Waals surface area contributed by atoms with Gasteiger partial charge in [-0.25, -0.2) is 0 Å². The lowest BCUT2D eigenvalue weighted by atomic mass is 9.90. The number of amides is 1. The summed E-state index contributed by atoms with van der Waals surface area (Å²) in [5.74, 6) is 0.105. The Morgan fingerprint density at radius 2 is 1.78 bits per heavy atom. The molecule has 1 amide bonds. The quantitative estimate of drug-likeness (QED) is 0.825. The molecule has 3 rings (SSSR count). The molecule has 1 aromatic rings. The Kier molecular flexibility index (Phi) is 6.40. The number of hydrogen-bond donors (Lipinski definition) is 2. The summed E-state index contributed by atoms with van der Waals surface area (Å²) in [7, 11) is 0. The molecule has 150 valence electrons. The summed E-state index contributed by atoms with van der Waals surface area (Å²) in [5, 5.41) is 20.8. The minimum atomic E-state index is -0.702. The topological polar surface area (TPSA) is 67.2 Å². The molecule has 0 aliphatic carbocycles. The maximum Gasteiger partial charge on any atom is 0.219 e. The second kappa shape index (κ2) is 8.59. The van der Waals surface area contributed by atoms with Crippen LogP contribution in [-0.2, 0) is 4.79 Å². The number of benzene rings is 1. The number of anilines is 1. The van der Waals surface area contributed by atoms with E-state index in [0.717, 1.165) is 39.0 Å². The summed E-state index contributed by atoms with van der Waals surface area (Å²) in [5.41, 5.74) is 1.77. The zero-order valence-corrected chi connectivity index (χ0v) is 16.6. The molecule has 2 aliphatic heterocycles. The van der Waals surface area contributed by atoms with Crippen LogP contribution in [-0.4, -0.2) is 83.9 Å². The maximum atomic E-state index is 11.7. The number of aliphatic hydroxyl groups excluding tert-OH is 1. The van der Waals surface area contributed by atoms with Crippen LogP contribution in [0, 0.1) is 12.8 Å². The summed E-state index contributed by atoms with van der Waals surface area (Å²) >= 11 is 0. The van der Waals surface area contributed by atoms with Gasteiger partial charge in [0.2, 0.25) is 5.91 Å². The predicted octanol–water partition coefficient (Wildman–Crippen LogP) is 1.10. The smallest absolute Gasteiger partial charge is 0.219 e. The van der Waals surface area contributed by atoms with Crippen LogP contribution < -0.4 is 4.90 Å². The Balaban J connectivity index is 1.57. The van der Waals surface area contributed by atoms with Crippen LogP contribution in [0.1, 0.15) is 25.3 Å². The zero-order valence-electron chi connectivity index (χ0n) is 16.6. The Hall–Kier alpha value is -1.63. The standard InChI is InChI=1S/C21H33N3O3/c1-17-3-5-20(6-4-17)23-9-7-21(27,8-10-23)16-22-11-12-24(18(2)26)14-19(13-22)15-25/h3-6,19,25,27H,7-16H2,1-2H3/t19-/m0/s1. The average molecular weight is 376 g/mol. The molecule has 1 aromatic carbocycles. The maximum absolute atomic E-state index is 11.7. The van der Waals surface area contributed by atoms with E-state index in [1.807, 2.05) is 4.90 Å². The number of aliphatic hydroxyl groups is 2. The van der Waals surface area contributed by atoms with Crippen molar-refractivity contribution >= 4 is 11.6 Å². The number of aryl methyl sites for hydroxylation is 1. The molecule has 2 fully saturated rings. The van der Waals surface area contributed by atoms with E-state index in [9.17, 15) is 15.0 Å². The first-order chi connectivity index (χ1) is 12.9. The Bertz CT molecular complexity index is 626. The fourth-order valence-electron chi connectivity index (χ4n) is 4.24. The van der Waals surface area contributed by atoms with Crippen LogP contribution in [0.2, 0.25) is 0 Å². The van der Waals surface area contributed by atoms with Gasteiger partial charge in [0, 0.05) is 70.9 Å². The second-order valence-corrected chi connectivity index (χ2v) is 8.30. The van der Waals surface area contributed by atoms with Crippen molar-refractivity contribution in [2.45, 2.75) is 32.3 Å². The Morgan fingerprint density at radius 3 is 2.37 bits per heavy atom. The first-order valence-corrected chi connectivity index (χ1v) is 10.0. The number of rotatable bonds is 4. The van der Waals surface area contributed by atoms with Gasteiger partial charge in [-0.15, -0.1) is 0 Å². The SMILES string of the molecule is CC(=O)N1CCN(CC2(O)CCN(c3ccc(C)cc3)CC2)C[C@H](CO)C1. The largest absolute Gasteiger partial charge is 0.396 e. The van der Waals surface area contributed by atoms with Crippen LogP contribution in [0.25, 0.3) is 0 Å². The highest BCUT2D eigenvalue weighted by atomic mass is 16.3. The molecule has 27 heavy (non-hydrogen) atoms. The van der Waals surface area contributed by atoms with Crippen LogP contribution >= 0.6 is 0 Å². The second-order valence-electron chi connectivity index (χ2n) is 8.30. The van der Waals surface area contributed by atoms with Crippen molar-refractivity contribution in [3.05, 3.63) is 29.8 Å². The highest BCUT2D eigenvalue weighted by Crippen LogP contribution is 2.28. The van der Waals surface area contributed by atoms with E-state index in [1.54, 1.807) is 6.92 Å². The van der Waals surface area contributed by atoms with E-state index < -0.39 is 5.60 Å². The third-order valence-electron chi connectivity index (χ3n) is 6.00. The molecule has 0 bridgehead atoms. The van der Waals surface area contributed by atoms with Gasteiger partial charge in [-0.3, -0.25) is 9.69 Å². The summed E-state index contributed by atoms with van der Waals surface area (Å²) in [6.07, 6.45) is 1.47. The summed E-state index contributed by atoms with van der Waals surface area (Å²) in [6.45, 7) is 8.78. The number of β-amino-alcohol motifs (C(OH)–C–C–N with tert-alkyl or cyclic N) is 1. The number of carbonyl (C=O) groups excluding carboxylic acids is 1. The fraction of sp³-hybridized carbons (Fsp3) is 0.667. The summed E-state index contributed by atoms with van der Waals surface area (Å²) in [6, 6.07) is 8.56. The molecule has 2 N–H and O–H groups in total. The number of carbonyl (C=O) groups is 1. The van der Waals surface area contributed by atoms with Gasteiger partial charge in [-0.05, 0) is 31.9 Å². The molecular formula is C21H33N3O3. The van der Waals surface area contributed by atoms with E-state index in [4.69, 9.17) is 0 Å². The van der Waals surface area contributed by atoms with Crippen molar-refractivity contribution in [3.63, 3.8) is 0 Å². The lowest BCUT2D eigenvalue weighted by molar-refractivity contribution is -0.129. The summed E-state index contributed by atoms with van der Waals surface area (Å²) in [4.78, 5) is 18.1. The molecule has 2 heterocycles. The van der Waals surface area contributed by atoms with Gasteiger partial charge >= 0.3 is 0 Å². The van der Waals surface area contributed by atoms with Crippen LogP contribution in [0.5, 0.6) is 0 Å². The molecule has 6 heteroatoms. The van der Waals surface area contributed by atoms with Gasteiger partial charge in [0.25, 0.3) is 0 Å². The molecule has 0 spiro atoms. The molecule has 0 aromatic heterocycles. The van der Waals surface area contributed by atoms with Crippen molar-refractivity contribution in [1.82, 2.24) is 9.80 Å². The van der Waals surface area contributed by atoms with Gasteiger partial charge in [-0.2, -0.15) is 0 Å². The molecule has 1 atom stereocenters. The minimum absolute atomic E-state index is 0.0487. The number of piperidine rings is 1. The first kappa shape index (κ1) is 20.1. The number of nitrogens with zero attached hydrogens (tertiary/aromatic N) is 3. The van der Waals surface area contributed by atoms with E-state index in [1.165, 1.54) is 11.3 Å². The molecule has 2 saturated heterocycles. The van der Waals surface area contributed by atoms with Gasteiger partial charge in [0.15, 0.2) is 0 Å². The number of hydrogen-bond acceptors (Lipinski definition) is 5. The molecule has 2 aliphatic rings. The normalized spacial score (nSPS) is 23.9. The highest BCUT2D eigenvalue weighted by molar-refractivity contribution is 5.73. The highest BCUT2D eigenvalue weighted by Gasteiger charge is 2.35. The van der Waals surface area contributed by atoms with Gasteiger partial charge in [0.05, 0.1) is 5.60 Å². The monoisotopic (exact) mass is 375 g/mol. The van der Waals surface area contributed by atoms with Crippen molar-refractivity contribution in [2.24, 2.45) is 5.92 Å². The van der Waals surface area contributed by atoms with Crippen LogP contribution in [0.15, 0.2) is 24.3 Å². The van der Waals surface area contributed by atoms with Gasteiger partial charge in [0.1, 0.15) is 0 Å². The van der Waals surface area contributed by atoms with E-state index in [0.29, 0.717) is 19.6 Å². The Labute approximate surface area is 162 Å². The van der Waals surface area contributed by atoms with Crippen molar-refractivity contribution in [3.8, 4) is 0 Å². The molecule has 0 radical (unpaired) electrons. The summed E-state index contributed by atoms with van der Waals surface area (Å²) < 4.78 is 0. The van der Waals surface area contributed by atoms with Crippen molar-refractivity contribution in [2.75, 3.05) is 57.3 Å². The predicted molar refractivity (Wildman–Crippen MR) is 107 cm³/mol. The molecule has 6 nitrogen and oxygen atoms in total. The van der Waals surface area contributed by atoms with E-state index in [2.05, 4.69) is 41.0 Å². The first-order valence-electron chi connectivity index (χ1n) is 10.0. The third-order valence-corrected chi connectivity index (χ3v) is 6.00. The molecule has 0 unspecified atom stereocenters. The van der Waals surface area contributed by atoms with Gasteiger partial charge in [-0.1, -0.05) is 17.7 Å². The lowest BCUT2D eigenvalue weighted by Gasteiger charge is -2.42. The fourth-order valence-corrected chi connectivity index (χ4v) is 4.24. The zero-order chi connectivity index (χ0) is 19.4. The van der Waals surface area contributed by atoms with Crippen LogP contribution in [0.4, 0.5) is 5.69 Å². The average Bonchev–Trinajstić information content (AvgIpc) is 2.85. The van der Waals surface area contributed by atoms with E-state index in [-0.39, 0.29) is 18.4 Å². The van der Waals surface area contributed by atoms with Crippen LogP contribution in [0.3, 0.4) is 0 Å². The van der Waals surface area contributed by atoms with Crippen molar-refractivity contribution < 1.29 is 15.0 Å².